The molecule has 1 rings (SSSR count). The fourth-order valence-corrected chi connectivity index (χ4v) is 1.96. The highest BCUT2D eigenvalue weighted by Gasteiger charge is 2.10. The molecule has 0 spiro atoms. The lowest BCUT2D eigenvalue weighted by Crippen LogP contribution is -2.15. The van der Waals surface area contributed by atoms with Crippen LogP contribution in [0.4, 0.5) is 0 Å². The number of nitrogens with two attached hydrogens (primary N) is 1. The van der Waals surface area contributed by atoms with Gasteiger partial charge < -0.3 is 15.2 Å². The van der Waals surface area contributed by atoms with Crippen LogP contribution in [0, 0.1) is 0 Å². The Hall–Kier alpha value is -0.420. The van der Waals surface area contributed by atoms with Crippen molar-refractivity contribution >= 4 is 11.3 Å². The van der Waals surface area contributed by atoms with Gasteiger partial charge in [0.05, 0.1) is 0 Å². The van der Waals surface area contributed by atoms with Crippen LogP contribution in [0.5, 0.6) is 0 Å². The van der Waals surface area contributed by atoms with Crippen molar-refractivity contribution < 1.29 is 9.47 Å². The van der Waals surface area contributed by atoms with E-state index < -0.39 is 0 Å². The van der Waals surface area contributed by atoms with E-state index in [-0.39, 0.29) is 6.10 Å². The molecule has 0 bridgehead atoms. The van der Waals surface area contributed by atoms with Crippen molar-refractivity contribution in [3.63, 3.8) is 0 Å². The fourth-order valence-electron chi connectivity index (χ4n) is 1.17. The maximum atomic E-state index is 5.64. The van der Waals surface area contributed by atoms with Gasteiger partial charge in [-0.25, -0.2) is 0 Å². The first-order chi connectivity index (χ1) is 6.88. The average molecular weight is 215 g/mol. The molecule has 14 heavy (non-hydrogen) atoms. The van der Waals surface area contributed by atoms with Gasteiger partial charge in [0.1, 0.15) is 6.10 Å². The Morgan fingerprint density at radius 2 is 2.36 bits per heavy atom. The van der Waals surface area contributed by atoms with Gasteiger partial charge >= 0.3 is 0 Å². The molecule has 0 fully saturated rings. The molecule has 0 aliphatic heterocycles. The summed E-state index contributed by atoms with van der Waals surface area (Å²) < 4.78 is 10.6. The van der Waals surface area contributed by atoms with Crippen LogP contribution >= 0.6 is 11.3 Å². The summed E-state index contributed by atoms with van der Waals surface area (Å²) in [6, 6.07) is 4.07. The van der Waals surface area contributed by atoms with E-state index >= 15 is 0 Å². The quantitative estimate of drug-likeness (QED) is 0.705. The van der Waals surface area contributed by atoms with Crippen LogP contribution in [0.25, 0.3) is 0 Å². The highest BCUT2D eigenvalue weighted by Crippen LogP contribution is 2.21. The highest BCUT2D eigenvalue weighted by atomic mass is 32.1. The minimum Gasteiger partial charge on any atom is -0.385 e. The number of hydrogen-bond acceptors (Lipinski definition) is 4. The monoisotopic (exact) mass is 215 g/mol. The van der Waals surface area contributed by atoms with E-state index in [9.17, 15) is 0 Å². The van der Waals surface area contributed by atoms with Crippen LogP contribution in [-0.2, 0) is 9.47 Å². The second-order valence-corrected chi connectivity index (χ2v) is 3.94. The molecule has 1 atom stereocenters. The molecule has 0 aliphatic carbocycles. The molecule has 0 aromatic carbocycles. The first-order valence-electron chi connectivity index (χ1n) is 4.72. The molecule has 1 aromatic heterocycles. The summed E-state index contributed by atoms with van der Waals surface area (Å²) in [6.07, 6.45) is 0.963. The van der Waals surface area contributed by atoms with Gasteiger partial charge in [-0.2, -0.15) is 0 Å². The van der Waals surface area contributed by atoms with Gasteiger partial charge in [-0.3, -0.25) is 0 Å². The standard InChI is InChI=1S/C10H17NO2S/c1-12-5-3-6-13-9(8-11)10-4-2-7-14-10/h2,4,7,9H,3,5-6,8,11H2,1H3. The number of methoxy groups -OCH3 is 1. The molecule has 1 aromatic rings. The SMILES string of the molecule is COCCCOC(CN)c1cccs1. The molecular weight excluding hydrogens is 198 g/mol. The van der Waals surface area contributed by atoms with E-state index in [1.165, 1.54) is 4.88 Å². The van der Waals surface area contributed by atoms with Crippen molar-refractivity contribution in [3.05, 3.63) is 22.4 Å². The Morgan fingerprint density at radius 1 is 1.50 bits per heavy atom. The van der Waals surface area contributed by atoms with E-state index in [1.807, 2.05) is 11.4 Å². The van der Waals surface area contributed by atoms with Crippen molar-refractivity contribution in [3.8, 4) is 0 Å². The van der Waals surface area contributed by atoms with Gasteiger partial charge in [0, 0.05) is 31.7 Å². The number of rotatable bonds is 7. The third-order valence-corrected chi connectivity index (χ3v) is 2.85. The number of hydrogen-bond donors (Lipinski definition) is 1. The normalized spacial score (nSPS) is 13.0. The molecule has 1 heterocycles. The molecule has 80 valence electrons. The maximum absolute atomic E-state index is 5.64. The predicted octanol–water partition coefficient (Wildman–Crippen LogP) is 1.80. The topological polar surface area (TPSA) is 44.5 Å². The minimum absolute atomic E-state index is 0.0480. The van der Waals surface area contributed by atoms with Crippen LogP contribution in [-0.4, -0.2) is 26.9 Å². The Balaban J connectivity index is 2.26. The first kappa shape index (κ1) is 11.7. The molecule has 0 radical (unpaired) electrons. The summed E-state index contributed by atoms with van der Waals surface area (Å²) in [5.41, 5.74) is 5.63. The molecule has 2 N–H and O–H groups in total. The fraction of sp³-hybridized carbons (Fsp3) is 0.600. The predicted molar refractivity (Wildman–Crippen MR) is 58.6 cm³/mol. The van der Waals surface area contributed by atoms with Gasteiger partial charge in [0.2, 0.25) is 0 Å². The first-order valence-corrected chi connectivity index (χ1v) is 5.60. The zero-order chi connectivity index (χ0) is 10.2. The Bertz CT molecular complexity index is 226. The van der Waals surface area contributed by atoms with E-state index in [1.54, 1.807) is 18.4 Å². The molecule has 0 saturated carbocycles. The van der Waals surface area contributed by atoms with E-state index in [0.717, 1.165) is 13.0 Å². The Labute approximate surface area is 88.8 Å². The zero-order valence-corrected chi connectivity index (χ0v) is 9.26. The van der Waals surface area contributed by atoms with Crippen molar-refractivity contribution in [2.45, 2.75) is 12.5 Å². The molecule has 3 nitrogen and oxygen atoms in total. The summed E-state index contributed by atoms with van der Waals surface area (Å²) in [6.45, 7) is 1.98. The van der Waals surface area contributed by atoms with Crippen molar-refractivity contribution in [2.24, 2.45) is 5.73 Å². The van der Waals surface area contributed by atoms with Gasteiger partial charge in [-0.15, -0.1) is 11.3 Å². The number of thiophene rings is 1. The smallest absolute Gasteiger partial charge is 0.104 e. The molecule has 0 amide bonds. The minimum atomic E-state index is 0.0480. The second-order valence-electron chi connectivity index (χ2n) is 2.96. The van der Waals surface area contributed by atoms with Crippen LogP contribution in [0.3, 0.4) is 0 Å². The molecule has 4 heteroatoms. The summed E-state index contributed by atoms with van der Waals surface area (Å²) in [4.78, 5) is 1.20. The summed E-state index contributed by atoms with van der Waals surface area (Å²) in [5.74, 6) is 0. The van der Waals surface area contributed by atoms with Crippen LogP contribution < -0.4 is 5.73 Å². The van der Waals surface area contributed by atoms with Gasteiger partial charge in [-0.05, 0) is 17.9 Å². The Kier molecular flexibility index (Phi) is 5.78. The van der Waals surface area contributed by atoms with Crippen molar-refractivity contribution in [1.82, 2.24) is 0 Å². The summed E-state index contributed by atoms with van der Waals surface area (Å²) in [7, 11) is 1.69. The highest BCUT2D eigenvalue weighted by molar-refractivity contribution is 7.10. The van der Waals surface area contributed by atoms with Gasteiger partial charge in [0.15, 0.2) is 0 Å². The van der Waals surface area contributed by atoms with Crippen molar-refractivity contribution in [1.29, 1.82) is 0 Å². The molecule has 0 saturated heterocycles. The van der Waals surface area contributed by atoms with Crippen molar-refractivity contribution in [2.75, 3.05) is 26.9 Å². The molecule has 0 aliphatic rings. The lowest BCUT2D eigenvalue weighted by molar-refractivity contribution is 0.0459. The van der Waals surface area contributed by atoms with E-state index in [2.05, 4.69) is 6.07 Å². The number of ether oxygens (including phenoxy) is 2. The zero-order valence-electron chi connectivity index (χ0n) is 8.44. The summed E-state index contributed by atoms with van der Waals surface area (Å²) in [5, 5.41) is 2.04. The molecular formula is C10H17NO2S. The largest absolute Gasteiger partial charge is 0.385 e. The lowest BCUT2D eigenvalue weighted by Gasteiger charge is -2.13. The Morgan fingerprint density at radius 3 is 2.93 bits per heavy atom. The maximum Gasteiger partial charge on any atom is 0.104 e. The van der Waals surface area contributed by atoms with E-state index in [4.69, 9.17) is 15.2 Å². The summed E-state index contributed by atoms with van der Waals surface area (Å²) >= 11 is 1.68. The average Bonchev–Trinajstić information content (AvgIpc) is 2.71. The third-order valence-electron chi connectivity index (χ3n) is 1.89. The van der Waals surface area contributed by atoms with Gasteiger partial charge in [0.25, 0.3) is 0 Å². The van der Waals surface area contributed by atoms with Crippen LogP contribution in [0.2, 0.25) is 0 Å². The van der Waals surface area contributed by atoms with Crippen LogP contribution in [0.15, 0.2) is 17.5 Å². The third kappa shape index (κ3) is 3.75. The lowest BCUT2D eigenvalue weighted by atomic mass is 10.3. The van der Waals surface area contributed by atoms with E-state index in [0.29, 0.717) is 13.2 Å². The molecule has 1 unspecified atom stereocenters. The van der Waals surface area contributed by atoms with Gasteiger partial charge in [-0.1, -0.05) is 6.07 Å². The van der Waals surface area contributed by atoms with Crippen LogP contribution in [0.1, 0.15) is 17.4 Å². The second kappa shape index (κ2) is 6.95.